The second-order valence-electron chi connectivity index (χ2n) is 4.75. The number of unbranched alkanes of at least 4 members (excludes halogenated alkanes) is 2. The predicted octanol–water partition coefficient (Wildman–Crippen LogP) is 2.82. The van der Waals surface area contributed by atoms with Crippen molar-refractivity contribution < 1.29 is 4.74 Å². The van der Waals surface area contributed by atoms with E-state index >= 15 is 0 Å². The normalized spacial score (nSPS) is 10.7. The Kier molecular flexibility index (Phi) is 7.45. The third kappa shape index (κ3) is 6.55. The molecule has 19 heavy (non-hydrogen) atoms. The first-order chi connectivity index (χ1) is 9.13. The summed E-state index contributed by atoms with van der Waals surface area (Å²) in [6.07, 6.45) is 3.82. The smallest absolute Gasteiger partial charge is 0.119 e. The van der Waals surface area contributed by atoms with Crippen molar-refractivity contribution in [3.05, 3.63) is 29.8 Å². The zero-order valence-corrected chi connectivity index (χ0v) is 12.7. The first-order valence-corrected chi connectivity index (χ1v) is 7.25. The molecule has 1 rings (SSSR count). The number of hydrogen-bond donors (Lipinski definition) is 1. The Morgan fingerprint density at radius 1 is 1.21 bits per heavy atom. The molecule has 0 aliphatic rings. The van der Waals surface area contributed by atoms with Gasteiger partial charge in [0.1, 0.15) is 17.3 Å². The van der Waals surface area contributed by atoms with E-state index < -0.39 is 0 Å². The van der Waals surface area contributed by atoms with Gasteiger partial charge in [-0.15, -0.1) is 0 Å². The monoisotopic (exact) mass is 280 g/mol. The quantitative estimate of drug-likeness (QED) is 0.557. The van der Waals surface area contributed by atoms with Crippen LogP contribution < -0.4 is 10.5 Å². The number of nitrogens with two attached hydrogens (primary N) is 1. The molecule has 0 heterocycles. The summed E-state index contributed by atoms with van der Waals surface area (Å²) in [5, 5.41) is 0. The number of likely N-dealkylation sites (N-methyl/N-ethyl adjacent to an activating group) is 1. The van der Waals surface area contributed by atoms with Crippen molar-refractivity contribution in [2.45, 2.75) is 26.2 Å². The van der Waals surface area contributed by atoms with Gasteiger partial charge in [-0.3, -0.25) is 0 Å². The topological polar surface area (TPSA) is 38.5 Å². The lowest BCUT2D eigenvalue weighted by Gasteiger charge is -2.16. The van der Waals surface area contributed by atoms with Gasteiger partial charge in [-0.05, 0) is 44.3 Å². The molecule has 0 fully saturated rings. The Morgan fingerprint density at radius 2 is 1.89 bits per heavy atom. The lowest BCUT2D eigenvalue weighted by Crippen LogP contribution is -2.25. The number of rotatable bonds is 9. The molecule has 0 atom stereocenters. The second-order valence-corrected chi connectivity index (χ2v) is 5.19. The van der Waals surface area contributed by atoms with Crippen molar-refractivity contribution >= 4 is 17.2 Å². The Hall–Kier alpha value is -1.13. The van der Waals surface area contributed by atoms with Crippen LogP contribution >= 0.6 is 12.2 Å². The summed E-state index contributed by atoms with van der Waals surface area (Å²) in [4.78, 5) is 2.72. The van der Waals surface area contributed by atoms with Gasteiger partial charge in [0.05, 0.1) is 0 Å². The third-order valence-electron chi connectivity index (χ3n) is 3.02. The van der Waals surface area contributed by atoms with E-state index in [-0.39, 0.29) is 0 Å². The van der Waals surface area contributed by atoms with Gasteiger partial charge in [-0.25, -0.2) is 0 Å². The van der Waals surface area contributed by atoms with E-state index in [0.29, 0.717) is 11.6 Å². The third-order valence-corrected chi connectivity index (χ3v) is 3.26. The molecule has 106 valence electrons. The Balaban J connectivity index is 2.23. The average Bonchev–Trinajstić information content (AvgIpc) is 2.39. The van der Waals surface area contributed by atoms with Crippen LogP contribution in [0.1, 0.15) is 31.7 Å². The summed E-state index contributed by atoms with van der Waals surface area (Å²) in [6.45, 7) is 5.01. The molecule has 0 saturated heterocycles. The lowest BCUT2D eigenvalue weighted by atomic mass is 10.2. The number of hydrogen-bond acceptors (Lipinski definition) is 3. The van der Waals surface area contributed by atoms with Crippen molar-refractivity contribution in [1.82, 2.24) is 4.90 Å². The van der Waals surface area contributed by atoms with Crippen LogP contribution in [0.2, 0.25) is 0 Å². The summed E-state index contributed by atoms with van der Waals surface area (Å²) in [6, 6.07) is 7.60. The van der Waals surface area contributed by atoms with Crippen LogP contribution in [0.15, 0.2) is 24.3 Å². The van der Waals surface area contributed by atoms with Crippen LogP contribution in [-0.2, 0) is 0 Å². The van der Waals surface area contributed by atoms with Gasteiger partial charge < -0.3 is 15.4 Å². The van der Waals surface area contributed by atoms with Crippen LogP contribution in [0.4, 0.5) is 0 Å². The fraction of sp³-hybridized carbons (Fsp3) is 0.533. The van der Waals surface area contributed by atoms with Crippen molar-refractivity contribution in [1.29, 1.82) is 0 Å². The summed E-state index contributed by atoms with van der Waals surface area (Å²) in [7, 11) is 2.13. The summed E-state index contributed by atoms with van der Waals surface area (Å²) in [5.41, 5.74) is 6.42. The molecule has 1 aromatic rings. The van der Waals surface area contributed by atoms with Crippen molar-refractivity contribution in [2.24, 2.45) is 5.73 Å². The van der Waals surface area contributed by atoms with Crippen LogP contribution in [0, 0.1) is 0 Å². The minimum absolute atomic E-state index is 0.419. The maximum absolute atomic E-state index is 5.69. The molecular weight excluding hydrogens is 256 g/mol. The summed E-state index contributed by atoms with van der Waals surface area (Å²) < 4.78 is 5.69. The van der Waals surface area contributed by atoms with Crippen LogP contribution in [-0.4, -0.2) is 36.6 Å². The average molecular weight is 280 g/mol. The van der Waals surface area contributed by atoms with E-state index in [0.717, 1.165) is 24.4 Å². The first kappa shape index (κ1) is 15.9. The van der Waals surface area contributed by atoms with Crippen LogP contribution in [0.3, 0.4) is 0 Å². The van der Waals surface area contributed by atoms with Crippen molar-refractivity contribution in [3.8, 4) is 5.75 Å². The van der Waals surface area contributed by atoms with E-state index in [2.05, 4.69) is 18.9 Å². The predicted molar refractivity (Wildman–Crippen MR) is 84.8 cm³/mol. The zero-order chi connectivity index (χ0) is 14.1. The SMILES string of the molecule is CCCCCN(C)CCOc1ccc(C(N)=S)cc1. The Labute approximate surface area is 121 Å². The van der Waals surface area contributed by atoms with Gasteiger partial charge in [0.25, 0.3) is 0 Å². The van der Waals surface area contributed by atoms with Crippen LogP contribution in [0.5, 0.6) is 5.75 Å². The van der Waals surface area contributed by atoms with E-state index in [1.807, 2.05) is 24.3 Å². The second kappa shape index (κ2) is 8.88. The van der Waals surface area contributed by atoms with Gasteiger partial charge in [-0.2, -0.15) is 0 Å². The molecule has 0 aliphatic heterocycles. The van der Waals surface area contributed by atoms with E-state index in [1.165, 1.54) is 19.3 Å². The highest BCUT2D eigenvalue weighted by atomic mass is 32.1. The summed E-state index contributed by atoms with van der Waals surface area (Å²) in [5.74, 6) is 0.863. The van der Waals surface area contributed by atoms with E-state index in [9.17, 15) is 0 Å². The lowest BCUT2D eigenvalue weighted by molar-refractivity contribution is 0.235. The molecule has 0 radical (unpaired) electrons. The Morgan fingerprint density at radius 3 is 2.47 bits per heavy atom. The van der Waals surface area contributed by atoms with E-state index in [1.54, 1.807) is 0 Å². The molecule has 0 bridgehead atoms. The first-order valence-electron chi connectivity index (χ1n) is 6.84. The van der Waals surface area contributed by atoms with Crippen molar-refractivity contribution in [3.63, 3.8) is 0 Å². The molecule has 0 aliphatic carbocycles. The van der Waals surface area contributed by atoms with Crippen LogP contribution in [0.25, 0.3) is 0 Å². The van der Waals surface area contributed by atoms with Gasteiger partial charge >= 0.3 is 0 Å². The van der Waals surface area contributed by atoms with Gasteiger partial charge in [0.2, 0.25) is 0 Å². The fourth-order valence-corrected chi connectivity index (χ4v) is 1.91. The van der Waals surface area contributed by atoms with E-state index in [4.69, 9.17) is 22.7 Å². The maximum Gasteiger partial charge on any atom is 0.119 e. The maximum atomic E-state index is 5.69. The highest BCUT2D eigenvalue weighted by molar-refractivity contribution is 7.80. The van der Waals surface area contributed by atoms with Crippen molar-refractivity contribution in [2.75, 3.05) is 26.7 Å². The van der Waals surface area contributed by atoms with Gasteiger partial charge in [0, 0.05) is 12.1 Å². The van der Waals surface area contributed by atoms with Gasteiger partial charge in [-0.1, -0.05) is 32.0 Å². The number of nitrogens with zero attached hydrogens (tertiary/aromatic N) is 1. The minimum atomic E-state index is 0.419. The number of ether oxygens (including phenoxy) is 1. The number of thiocarbonyl (C=S) groups is 1. The molecule has 1 aromatic carbocycles. The Bertz CT molecular complexity index is 378. The molecule has 3 nitrogen and oxygen atoms in total. The fourth-order valence-electron chi connectivity index (χ4n) is 1.78. The highest BCUT2D eigenvalue weighted by Crippen LogP contribution is 2.12. The zero-order valence-electron chi connectivity index (χ0n) is 11.9. The standard InChI is InChI=1S/C15H24N2OS/c1-3-4-5-10-17(2)11-12-18-14-8-6-13(7-9-14)15(16)19/h6-9H,3-5,10-12H2,1-2H3,(H2,16,19). The largest absolute Gasteiger partial charge is 0.492 e. The molecule has 0 aromatic heterocycles. The van der Waals surface area contributed by atoms with Gasteiger partial charge in [0.15, 0.2) is 0 Å². The molecule has 2 N–H and O–H groups in total. The highest BCUT2D eigenvalue weighted by Gasteiger charge is 2.00. The minimum Gasteiger partial charge on any atom is -0.492 e. The molecule has 0 unspecified atom stereocenters. The summed E-state index contributed by atoms with van der Waals surface area (Å²) >= 11 is 4.91. The molecule has 0 saturated carbocycles. The molecule has 0 spiro atoms. The molecule has 0 amide bonds. The number of benzene rings is 1. The molecule has 4 heteroatoms. The molecular formula is C15H24N2OS.